The van der Waals surface area contributed by atoms with Crippen molar-refractivity contribution in [2.45, 2.75) is 46.0 Å². The van der Waals surface area contributed by atoms with Crippen molar-refractivity contribution >= 4 is 42.2 Å². The smallest absolute Gasteiger partial charge is 0.253 e. The monoisotopic (exact) mass is 490 g/mol. The lowest BCUT2D eigenvalue weighted by Crippen LogP contribution is -2.34. The Bertz CT molecular complexity index is 1130. The van der Waals surface area contributed by atoms with Gasteiger partial charge in [0.15, 0.2) is 0 Å². The number of carbonyl (C=O) groups excluding carboxylic acids is 2. The molecule has 0 unspecified atom stereocenters. The maximum Gasteiger partial charge on any atom is 0.253 e. The van der Waals surface area contributed by atoms with E-state index in [1.54, 1.807) is 0 Å². The average Bonchev–Trinajstić information content (AvgIpc) is 3.36. The average molecular weight is 491 g/mol. The van der Waals surface area contributed by atoms with Crippen LogP contribution < -0.4 is 4.72 Å². The Kier molecular flexibility index (Phi) is 8.29. The summed E-state index contributed by atoms with van der Waals surface area (Å²) in [5.41, 5.74) is 5.15. The van der Waals surface area contributed by atoms with Crippen LogP contribution >= 0.6 is 12.8 Å². The number of nitrogens with one attached hydrogen (secondary N) is 1. The van der Waals surface area contributed by atoms with Crippen LogP contribution in [0.1, 0.15) is 61.9 Å². The molecule has 35 heavy (non-hydrogen) atoms. The molecule has 0 saturated carbocycles. The zero-order chi connectivity index (χ0) is 24.8. The molecule has 1 saturated heterocycles. The van der Waals surface area contributed by atoms with Gasteiger partial charge in [0.2, 0.25) is 5.91 Å². The molecule has 0 radical (unpaired) electrons. The van der Waals surface area contributed by atoms with E-state index in [1.165, 1.54) is 0 Å². The van der Waals surface area contributed by atoms with Crippen molar-refractivity contribution in [2.75, 3.05) is 26.2 Å². The van der Waals surface area contributed by atoms with Gasteiger partial charge in [0, 0.05) is 49.3 Å². The van der Waals surface area contributed by atoms with Gasteiger partial charge in [-0.2, -0.15) is 0 Å². The van der Waals surface area contributed by atoms with Crippen LogP contribution in [0.3, 0.4) is 0 Å². The lowest BCUT2D eigenvalue weighted by Gasteiger charge is -2.23. The fourth-order valence-electron chi connectivity index (χ4n) is 4.71. The number of rotatable bonds is 7. The van der Waals surface area contributed by atoms with E-state index in [4.69, 9.17) is 4.99 Å². The first-order chi connectivity index (χ1) is 17.0. The van der Waals surface area contributed by atoms with E-state index in [0.717, 1.165) is 79.8 Å². The second-order valence-corrected chi connectivity index (χ2v) is 9.38. The maximum atomic E-state index is 13.3. The molecule has 0 aromatic heterocycles. The predicted octanol–water partition coefficient (Wildman–Crippen LogP) is 5.49. The van der Waals surface area contributed by atoms with E-state index in [0.29, 0.717) is 17.8 Å². The van der Waals surface area contributed by atoms with E-state index in [2.05, 4.69) is 31.4 Å². The Balaban J connectivity index is 1.61. The zero-order valence-electron chi connectivity index (χ0n) is 20.6. The minimum Gasteiger partial charge on any atom is -0.339 e. The first kappa shape index (κ1) is 25.0. The highest BCUT2D eigenvalue weighted by molar-refractivity contribution is 7.78. The summed E-state index contributed by atoms with van der Waals surface area (Å²) in [6.45, 7) is 7.35. The summed E-state index contributed by atoms with van der Waals surface area (Å²) >= 11 is 4.24. The molecule has 0 aliphatic carbocycles. The van der Waals surface area contributed by atoms with Gasteiger partial charge in [-0.15, -0.1) is 0 Å². The highest BCUT2D eigenvalue weighted by atomic mass is 32.1. The van der Waals surface area contributed by atoms with Gasteiger partial charge in [-0.25, -0.2) is 4.99 Å². The number of nitrogens with zero attached hydrogens (tertiary/aromatic N) is 3. The standard InChI is InChI=1S/C28H34N4O2S/c1-3-13-31(14-4-2)28(34)24-17-23-12-11-22(18-25(23)29-26(19-24)30-35)20-7-9-21(10-8-20)27(33)32-15-5-6-16-32/h7-12,17-18,35H,3-6,13-16,19H2,1-2H3,(H,29,30). The highest BCUT2D eigenvalue weighted by Crippen LogP contribution is 2.32. The molecule has 2 aliphatic rings. The molecular weight excluding hydrogens is 456 g/mol. The fraction of sp³-hybridized carbons (Fsp3) is 0.393. The number of hydrogen-bond acceptors (Lipinski definition) is 5. The molecule has 1 N–H and O–H groups in total. The summed E-state index contributed by atoms with van der Waals surface area (Å²) in [6, 6.07) is 13.9. The minimum atomic E-state index is 0.0557. The molecular formula is C28H34N4O2S. The molecule has 2 aromatic rings. The molecule has 2 amide bonds. The van der Waals surface area contributed by atoms with E-state index < -0.39 is 0 Å². The third-order valence-corrected chi connectivity index (χ3v) is 6.77. The molecule has 2 heterocycles. The number of amidine groups is 1. The number of likely N-dealkylation sites (tertiary alicyclic amines) is 1. The van der Waals surface area contributed by atoms with Gasteiger partial charge < -0.3 is 14.5 Å². The van der Waals surface area contributed by atoms with Crippen LogP contribution in [0.2, 0.25) is 0 Å². The van der Waals surface area contributed by atoms with Crippen LogP contribution in [-0.4, -0.2) is 53.6 Å². The molecule has 1 fully saturated rings. The van der Waals surface area contributed by atoms with Gasteiger partial charge in [0.05, 0.1) is 5.69 Å². The second kappa shape index (κ2) is 11.6. The van der Waals surface area contributed by atoms with Crippen molar-refractivity contribution in [3.8, 4) is 11.1 Å². The predicted molar refractivity (Wildman–Crippen MR) is 146 cm³/mol. The second-order valence-electron chi connectivity index (χ2n) is 9.16. The number of hydrogen-bond donors (Lipinski definition) is 2. The molecule has 2 aromatic carbocycles. The summed E-state index contributed by atoms with van der Waals surface area (Å²) in [5.74, 6) is 0.802. The van der Waals surface area contributed by atoms with Gasteiger partial charge in [-0.3, -0.25) is 9.59 Å². The normalized spacial score (nSPS) is 15.1. The third-order valence-electron chi connectivity index (χ3n) is 6.51. The largest absolute Gasteiger partial charge is 0.339 e. The zero-order valence-corrected chi connectivity index (χ0v) is 21.5. The van der Waals surface area contributed by atoms with Crippen LogP contribution in [-0.2, 0) is 4.79 Å². The summed E-state index contributed by atoms with van der Waals surface area (Å²) in [6.07, 6.45) is 6.38. The van der Waals surface area contributed by atoms with Crippen LogP contribution in [0.5, 0.6) is 0 Å². The first-order valence-corrected chi connectivity index (χ1v) is 13.0. The Labute approximate surface area is 213 Å². The van der Waals surface area contributed by atoms with Gasteiger partial charge in [-0.1, -0.05) is 50.9 Å². The number of amides is 2. The lowest BCUT2D eigenvalue weighted by atomic mass is 9.99. The molecule has 6 nitrogen and oxygen atoms in total. The van der Waals surface area contributed by atoms with Crippen molar-refractivity contribution in [1.29, 1.82) is 0 Å². The van der Waals surface area contributed by atoms with Gasteiger partial charge in [0.1, 0.15) is 5.84 Å². The summed E-state index contributed by atoms with van der Waals surface area (Å²) in [7, 11) is 0. The SMILES string of the molecule is CCCN(CCC)C(=O)C1=Cc2ccc(-c3ccc(C(=O)N4CCCC4)cc3)cc2N=C(NS)C1. The number of aliphatic imine (C=N–C) groups is 1. The van der Waals surface area contributed by atoms with Crippen molar-refractivity contribution in [2.24, 2.45) is 4.99 Å². The minimum absolute atomic E-state index is 0.0557. The number of thiol groups is 1. The maximum absolute atomic E-state index is 13.3. The molecule has 2 aliphatic heterocycles. The fourth-order valence-corrected chi connectivity index (χ4v) is 4.84. The molecule has 184 valence electrons. The number of benzene rings is 2. The van der Waals surface area contributed by atoms with Crippen LogP contribution in [0, 0.1) is 0 Å². The summed E-state index contributed by atoms with van der Waals surface area (Å²) in [4.78, 5) is 34.6. The molecule has 0 spiro atoms. The first-order valence-electron chi connectivity index (χ1n) is 12.5. The van der Waals surface area contributed by atoms with E-state index in [-0.39, 0.29) is 11.8 Å². The van der Waals surface area contributed by atoms with Crippen molar-refractivity contribution in [3.05, 3.63) is 59.2 Å². The quantitative estimate of drug-likeness (QED) is 0.505. The summed E-state index contributed by atoms with van der Waals surface area (Å²) in [5, 5.41) is 0. The van der Waals surface area contributed by atoms with Crippen molar-refractivity contribution in [1.82, 2.24) is 14.5 Å². The Morgan fingerprint density at radius 2 is 1.66 bits per heavy atom. The highest BCUT2D eigenvalue weighted by Gasteiger charge is 2.22. The van der Waals surface area contributed by atoms with Crippen molar-refractivity contribution in [3.63, 3.8) is 0 Å². The van der Waals surface area contributed by atoms with Crippen LogP contribution in [0.25, 0.3) is 17.2 Å². The third kappa shape index (κ3) is 5.78. The van der Waals surface area contributed by atoms with E-state index in [1.807, 2.05) is 58.3 Å². The van der Waals surface area contributed by atoms with Crippen LogP contribution in [0.15, 0.2) is 53.0 Å². The van der Waals surface area contributed by atoms with E-state index >= 15 is 0 Å². The van der Waals surface area contributed by atoms with E-state index in [9.17, 15) is 9.59 Å². The number of carbonyl (C=O) groups is 2. The van der Waals surface area contributed by atoms with Crippen molar-refractivity contribution < 1.29 is 9.59 Å². The molecule has 4 rings (SSSR count). The lowest BCUT2D eigenvalue weighted by molar-refractivity contribution is -0.127. The topological polar surface area (TPSA) is 65.0 Å². The molecule has 0 atom stereocenters. The molecule has 0 bridgehead atoms. The summed E-state index contributed by atoms with van der Waals surface area (Å²) < 4.78 is 2.87. The molecule has 7 heteroatoms. The van der Waals surface area contributed by atoms with Gasteiger partial charge in [-0.05, 0) is 61.1 Å². The van der Waals surface area contributed by atoms with Gasteiger partial charge in [0.25, 0.3) is 5.91 Å². The Hall–Kier alpha value is -3.06. The number of fused-ring (bicyclic) bond motifs is 1. The Morgan fingerprint density at radius 3 is 2.29 bits per heavy atom. The van der Waals surface area contributed by atoms with Gasteiger partial charge >= 0.3 is 0 Å². The Morgan fingerprint density at radius 1 is 1.00 bits per heavy atom. The van der Waals surface area contributed by atoms with Crippen LogP contribution in [0.4, 0.5) is 5.69 Å².